The molecule has 3 aromatic rings. The third-order valence-corrected chi connectivity index (χ3v) is 9.46. The van der Waals surface area contributed by atoms with Gasteiger partial charge in [0.1, 0.15) is 0 Å². The predicted octanol–water partition coefficient (Wildman–Crippen LogP) is 2.54. The van der Waals surface area contributed by atoms with E-state index in [9.17, 15) is 9.59 Å². The van der Waals surface area contributed by atoms with Crippen LogP contribution < -0.4 is 15.9 Å². The number of likely N-dealkylation sites (tertiary alicyclic amines) is 1. The predicted molar refractivity (Wildman–Crippen MR) is 113 cm³/mol. The van der Waals surface area contributed by atoms with E-state index in [2.05, 4.69) is 36.4 Å². The molecule has 3 aromatic carbocycles. The molecule has 0 unspecified atom stereocenters. The van der Waals surface area contributed by atoms with Gasteiger partial charge in [-0.2, -0.15) is 0 Å². The molecule has 0 aromatic heterocycles. The first-order valence-corrected chi connectivity index (χ1v) is 10.7. The highest BCUT2D eigenvalue weighted by Gasteiger charge is 2.40. The van der Waals surface area contributed by atoms with Gasteiger partial charge in [-0.15, -0.1) is 0 Å². The van der Waals surface area contributed by atoms with E-state index in [4.69, 9.17) is 0 Å². The molecule has 3 nitrogen and oxygen atoms in total. The van der Waals surface area contributed by atoms with Gasteiger partial charge in [-0.3, -0.25) is 14.5 Å². The molecule has 0 aliphatic carbocycles. The van der Waals surface area contributed by atoms with Gasteiger partial charge in [0.25, 0.3) is 5.91 Å². The van der Waals surface area contributed by atoms with Gasteiger partial charge in [0.15, 0.2) is 0 Å². The first-order valence-electron chi connectivity index (χ1n) is 8.89. The highest BCUT2D eigenvalue weighted by Crippen LogP contribution is 2.48. The number of hydrogen-bond acceptors (Lipinski definition) is 2. The summed E-state index contributed by atoms with van der Waals surface area (Å²) in [5.41, 5.74) is 0. The van der Waals surface area contributed by atoms with E-state index in [1.54, 1.807) is 7.05 Å². The molecule has 0 bridgehead atoms. The standard InChI is InChI=1S/C23H20NO2P/c1-24-22(25)17-21(23(24)26)27(18-11-5-2-6-12-18,19-13-7-3-8-14-19)20-15-9-4-10-16-20/h2-16H,17H2,1H3. The summed E-state index contributed by atoms with van der Waals surface area (Å²) < 4.78 is 0. The van der Waals surface area contributed by atoms with Crippen LogP contribution in [0, 0.1) is 0 Å². The van der Waals surface area contributed by atoms with Gasteiger partial charge in [-0.1, -0.05) is 91.0 Å². The van der Waals surface area contributed by atoms with E-state index < -0.39 is 6.89 Å². The Bertz CT molecular complexity index is 940. The average molecular weight is 373 g/mol. The molecule has 2 amide bonds. The number of imide groups is 1. The molecular weight excluding hydrogens is 353 g/mol. The van der Waals surface area contributed by atoms with E-state index in [1.165, 1.54) is 4.90 Å². The quantitative estimate of drug-likeness (QED) is 0.523. The Morgan fingerprint density at radius 1 is 0.667 bits per heavy atom. The van der Waals surface area contributed by atoms with Gasteiger partial charge in [0.05, 0.1) is 6.42 Å². The van der Waals surface area contributed by atoms with Crippen LogP contribution in [0.4, 0.5) is 0 Å². The number of amides is 2. The van der Waals surface area contributed by atoms with Crippen LogP contribution >= 0.6 is 6.89 Å². The van der Waals surface area contributed by atoms with Crippen molar-refractivity contribution in [3.05, 3.63) is 91.0 Å². The van der Waals surface area contributed by atoms with Crippen LogP contribution in [-0.2, 0) is 9.59 Å². The molecule has 0 saturated carbocycles. The lowest BCUT2D eigenvalue weighted by molar-refractivity contribution is -0.135. The van der Waals surface area contributed by atoms with Crippen molar-refractivity contribution in [2.24, 2.45) is 0 Å². The maximum absolute atomic E-state index is 13.2. The number of rotatable bonds is 3. The van der Waals surface area contributed by atoms with Crippen LogP contribution in [0.2, 0.25) is 0 Å². The molecule has 0 radical (unpaired) electrons. The Morgan fingerprint density at radius 2 is 1.04 bits per heavy atom. The van der Waals surface area contributed by atoms with E-state index in [-0.39, 0.29) is 18.2 Å². The molecule has 1 aliphatic rings. The fourth-order valence-corrected chi connectivity index (χ4v) is 8.27. The van der Waals surface area contributed by atoms with E-state index >= 15 is 0 Å². The third-order valence-electron chi connectivity index (χ3n) is 5.08. The fourth-order valence-electron chi connectivity index (χ4n) is 3.78. The normalized spacial score (nSPS) is 14.7. The van der Waals surface area contributed by atoms with Gasteiger partial charge in [-0.25, -0.2) is 0 Å². The minimum atomic E-state index is -2.43. The topological polar surface area (TPSA) is 37.4 Å². The molecule has 0 spiro atoms. The van der Waals surface area contributed by atoms with Crippen molar-refractivity contribution in [2.45, 2.75) is 6.42 Å². The van der Waals surface area contributed by atoms with Crippen molar-refractivity contribution in [1.29, 1.82) is 0 Å². The van der Waals surface area contributed by atoms with Gasteiger partial charge in [0.2, 0.25) is 5.91 Å². The van der Waals surface area contributed by atoms with Crippen LogP contribution in [-0.4, -0.2) is 29.1 Å². The zero-order valence-electron chi connectivity index (χ0n) is 15.1. The summed E-state index contributed by atoms with van der Waals surface area (Å²) in [6.07, 6.45) is 0.168. The van der Waals surface area contributed by atoms with Crippen LogP contribution in [0.15, 0.2) is 91.0 Å². The Hall–Kier alpha value is -2.90. The summed E-state index contributed by atoms with van der Waals surface area (Å²) in [7, 11) is 1.58. The lowest BCUT2D eigenvalue weighted by Crippen LogP contribution is -2.34. The van der Waals surface area contributed by atoms with Crippen molar-refractivity contribution >= 4 is 39.9 Å². The molecular formula is C23H20NO2P. The van der Waals surface area contributed by atoms with Gasteiger partial charge < -0.3 is 0 Å². The minimum Gasteiger partial charge on any atom is -0.282 e. The summed E-state index contributed by atoms with van der Waals surface area (Å²) >= 11 is 0. The molecule has 0 atom stereocenters. The molecule has 134 valence electrons. The number of hydrogen-bond donors (Lipinski definition) is 0. The zero-order valence-corrected chi connectivity index (χ0v) is 16.0. The summed E-state index contributed by atoms with van der Waals surface area (Å²) in [6, 6.07) is 30.4. The Labute approximate surface area is 159 Å². The monoisotopic (exact) mass is 373 g/mol. The Morgan fingerprint density at radius 3 is 1.33 bits per heavy atom. The van der Waals surface area contributed by atoms with Gasteiger partial charge in [0, 0.05) is 12.3 Å². The second-order valence-corrected chi connectivity index (χ2v) is 9.99. The molecule has 27 heavy (non-hydrogen) atoms. The SMILES string of the molecule is CN1C(=O)CC(=P(c2ccccc2)(c2ccccc2)c2ccccc2)C1=O. The lowest BCUT2D eigenvalue weighted by atomic mass is 10.3. The fraction of sp³-hybridized carbons (Fsp3) is 0.0870. The van der Waals surface area contributed by atoms with Crippen molar-refractivity contribution in [3.8, 4) is 0 Å². The summed E-state index contributed by atoms with van der Waals surface area (Å²) in [6.45, 7) is -2.43. The lowest BCUT2D eigenvalue weighted by Gasteiger charge is -2.30. The van der Waals surface area contributed by atoms with Crippen LogP contribution in [0.25, 0.3) is 0 Å². The van der Waals surface area contributed by atoms with E-state index in [0.717, 1.165) is 15.9 Å². The molecule has 1 fully saturated rings. The van der Waals surface area contributed by atoms with Gasteiger partial charge in [-0.05, 0) is 22.8 Å². The molecule has 4 rings (SSSR count). The van der Waals surface area contributed by atoms with Crippen molar-refractivity contribution in [1.82, 2.24) is 4.90 Å². The number of nitrogens with zero attached hydrogens (tertiary/aromatic N) is 1. The molecule has 1 aliphatic heterocycles. The number of benzene rings is 3. The Kier molecular flexibility index (Phi) is 4.55. The summed E-state index contributed by atoms with van der Waals surface area (Å²) in [4.78, 5) is 26.9. The number of carbonyl (C=O) groups is 2. The molecule has 1 saturated heterocycles. The van der Waals surface area contributed by atoms with E-state index in [0.29, 0.717) is 5.29 Å². The Balaban J connectivity index is 2.22. The van der Waals surface area contributed by atoms with Crippen LogP contribution in [0.1, 0.15) is 6.42 Å². The molecule has 4 heteroatoms. The number of carbonyl (C=O) groups excluding carboxylic acids is 2. The third kappa shape index (κ3) is 2.75. The zero-order chi connectivity index (χ0) is 18.9. The van der Waals surface area contributed by atoms with Crippen molar-refractivity contribution in [2.75, 3.05) is 7.05 Å². The second-order valence-electron chi connectivity index (χ2n) is 6.56. The molecule has 1 heterocycles. The van der Waals surface area contributed by atoms with Crippen LogP contribution in [0.3, 0.4) is 0 Å². The van der Waals surface area contributed by atoms with Crippen LogP contribution in [0.5, 0.6) is 0 Å². The largest absolute Gasteiger partial charge is 0.282 e. The van der Waals surface area contributed by atoms with Gasteiger partial charge >= 0.3 is 0 Å². The maximum Gasteiger partial charge on any atom is 0.257 e. The minimum absolute atomic E-state index is 0.137. The van der Waals surface area contributed by atoms with Crippen molar-refractivity contribution < 1.29 is 9.59 Å². The highest BCUT2D eigenvalue weighted by molar-refractivity contribution is 7.96. The highest BCUT2D eigenvalue weighted by atomic mass is 31.2. The van der Waals surface area contributed by atoms with Crippen molar-refractivity contribution in [3.63, 3.8) is 0 Å². The average Bonchev–Trinajstić information content (AvgIpc) is 2.99. The van der Waals surface area contributed by atoms with E-state index in [1.807, 2.05) is 54.6 Å². The smallest absolute Gasteiger partial charge is 0.257 e. The first kappa shape index (κ1) is 17.5. The second kappa shape index (κ2) is 7.02. The summed E-state index contributed by atoms with van der Waals surface area (Å²) in [5.74, 6) is -0.299. The maximum atomic E-state index is 13.2. The molecule has 0 N–H and O–H groups in total. The summed E-state index contributed by atoms with van der Waals surface area (Å²) in [5, 5.41) is 3.98. The first-order chi connectivity index (χ1) is 13.2.